The number of fused-ring (bicyclic) bond motifs is 1. The molecule has 1 aliphatic carbocycles. The monoisotopic (exact) mass is 897 g/mol. The minimum absolute atomic E-state index is 0.0206. The number of phenolic OH excluding ortho intramolecular Hbond substituents is 1. The van der Waals surface area contributed by atoms with Gasteiger partial charge in [0.1, 0.15) is 0 Å². The van der Waals surface area contributed by atoms with Crippen LogP contribution >= 0.6 is 0 Å². The van der Waals surface area contributed by atoms with Gasteiger partial charge >= 0.3 is 12.4 Å². The zero-order valence-corrected chi connectivity index (χ0v) is 36.2. The number of carbonyl (C=O) groups is 2. The molecule has 63 heavy (non-hydrogen) atoms. The molecule has 1 saturated heterocycles. The van der Waals surface area contributed by atoms with Crippen molar-refractivity contribution >= 4 is 42.3 Å². The van der Waals surface area contributed by atoms with Crippen LogP contribution in [0.15, 0.2) is 114 Å². The summed E-state index contributed by atoms with van der Waals surface area (Å²) in [5.41, 5.74) is -2.47. The summed E-state index contributed by atoms with van der Waals surface area (Å²) in [6, 6.07) is 23.6. The van der Waals surface area contributed by atoms with Crippen LogP contribution in [0.4, 0.5) is 36.4 Å². The summed E-state index contributed by atoms with van der Waals surface area (Å²) in [6.45, 7) is 7.06. The van der Waals surface area contributed by atoms with Gasteiger partial charge in [-0.15, -0.1) is 0 Å². The van der Waals surface area contributed by atoms with Gasteiger partial charge < -0.3 is 19.7 Å². The summed E-state index contributed by atoms with van der Waals surface area (Å²) < 4.78 is 106. The molecule has 4 aromatic carbocycles. The Morgan fingerprint density at radius 1 is 0.841 bits per heavy atom. The number of amides is 2. The van der Waals surface area contributed by atoms with Crippen LogP contribution in [0.5, 0.6) is 5.75 Å². The Kier molecular flexibility index (Phi) is 14.0. The van der Waals surface area contributed by atoms with Crippen molar-refractivity contribution in [1.29, 1.82) is 0 Å². The number of aliphatic hydroxyl groups is 2. The Morgan fingerprint density at radius 3 is 1.90 bits per heavy atom. The first-order valence-corrected chi connectivity index (χ1v) is 22.6. The predicted octanol–water partition coefficient (Wildman–Crippen LogP) is 9.58. The van der Waals surface area contributed by atoms with Crippen molar-refractivity contribution in [3.8, 4) is 5.75 Å². The van der Waals surface area contributed by atoms with Crippen molar-refractivity contribution in [2.24, 2.45) is 17.8 Å². The number of alkyl halides is 6. The number of halogens is 7. The molecule has 6 rings (SSSR count). The minimum atomic E-state index is -5.26. The van der Waals surface area contributed by atoms with E-state index < -0.39 is 96.4 Å². The molecule has 4 aromatic rings. The fourth-order valence-electron chi connectivity index (χ4n) is 9.29. The van der Waals surface area contributed by atoms with E-state index in [-0.39, 0.29) is 37.5 Å². The SMILES string of the molecule is CCC/C(=C\c1ccc(O)c(F)c1)CC[C@@H](O)C1=C(CO[Si](c2ccccc2)(c2ccccc2)C(C)(C)C)C[C@H]2C(=O)N(c3cc(C(F)(F)F)cc(C(F)(F)F)c3)C(=O)[C@H]2[C@H]1CO. The van der Waals surface area contributed by atoms with Gasteiger partial charge in [0.05, 0.1) is 48.0 Å². The molecule has 1 heterocycles. The van der Waals surface area contributed by atoms with Crippen LogP contribution in [0.3, 0.4) is 0 Å². The number of hydrogen-bond acceptors (Lipinski definition) is 6. The molecule has 3 N–H and O–H groups in total. The lowest BCUT2D eigenvalue weighted by Crippen LogP contribution is -2.66. The summed E-state index contributed by atoms with van der Waals surface area (Å²) >= 11 is 0. The van der Waals surface area contributed by atoms with E-state index in [0.29, 0.717) is 41.0 Å². The van der Waals surface area contributed by atoms with Gasteiger partial charge in [0.25, 0.3) is 8.32 Å². The normalized spacial score (nSPS) is 19.5. The van der Waals surface area contributed by atoms with Crippen molar-refractivity contribution in [2.75, 3.05) is 18.1 Å². The molecule has 0 aromatic heterocycles. The number of allylic oxidation sites excluding steroid dienone is 1. The highest BCUT2D eigenvalue weighted by molar-refractivity contribution is 6.99. The van der Waals surface area contributed by atoms with Crippen molar-refractivity contribution in [1.82, 2.24) is 0 Å². The third-order valence-corrected chi connectivity index (χ3v) is 17.1. The second-order valence-corrected chi connectivity index (χ2v) is 21.5. The maximum absolute atomic E-state index is 14.4. The van der Waals surface area contributed by atoms with E-state index in [1.165, 1.54) is 18.2 Å². The Labute approximate surface area is 362 Å². The maximum Gasteiger partial charge on any atom is 0.416 e. The Morgan fingerprint density at radius 2 is 1.41 bits per heavy atom. The fraction of sp³-hybridized carbons (Fsp3) is 0.375. The first kappa shape index (κ1) is 47.4. The second kappa shape index (κ2) is 18.6. The summed E-state index contributed by atoms with van der Waals surface area (Å²) in [5.74, 6) is -7.53. The van der Waals surface area contributed by atoms with Crippen LogP contribution in [0.2, 0.25) is 5.04 Å². The molecule has 0 radical (unpaired) electrons. The lowest BCUT2D eigenvalue weighted by molar-refractivity contribution is -0.143. The Hall–Kier alpha value is -5.09. The quantitative estimate of drug-likeness (QED) is 0.0504. The molecule has 15 heteroatoms. The molecule has 1 fully saturated rings. The maximum atomic E-state index is 14.4. The van der Waals surface area contributed by atoms with Crippen LogP contribution in [-0.2, 0) is 26.4 Å². The van der Waals surface area contributed by atoms with Crippen LogP contribution in [0, 0.1) is 23.6 Å². The average Bonchev–Trinajstić information content (AvgIpc) is 3.48. The van der Waals surface area contributed by atoms with E-state index in [9.17, 15) is 55.6 Å². The molecular formula is C48H50F7NO6Si. The van der Waals surface area contributed by atoms with E-state index >= 15 is 0 Å². The molecule has 0 saturated carbocycles. The Bertz CT molecular complexity index is 2290. The lowest BCUT2D eigenvalue weighted by atomic mass is 9.68. The van der Waals surface area contributed by atoms with Crippen LogP contribution in [0.25, 0.3) is 6.08 Å². The van der Waals surface area contributed by atoms with Crippen molar-refractivity contribution < 1.29 is 60.1 Å². The van der Waals surface area contributed by atoms with Crippen LogP contribution < -0.4 is 15.3 Å². The van der Waals surface area contributed by atoms with Crippen LogP contribution in [0.1, 0.15) is 76.5 Å². The topological polar surface area (TPSA) is 107 Å². The Balaban J connectivity index is 1.46. The second-order valence-electron chi connectivity index (χ2n) is 17.2. The number of hydrogen-bond donors (Lipinski definition) is 3. The van der Waals surface area contributed by atoms with Gasteiger partial charge in [-0.3, -0.25) is 9.59 Å². The molecule has 1 aliphatic heterocycles. The molecule has 7 nitrogen and oxygen atoms in total. The third kappa shape index (κ3) is 9.71. The van der Waals surface area contributed by atoms with Crippen LogP contribution in [-0.4, -0.2) is 54.8 Å². The van der Waals surface area contributed by atoms with Crippen molar-refractivity contribution in [2.45, 2.75) is 83.3 Å². The number of benzene rings is 4. The molecule has 336 valence electrons. The van der Waals surface area contributed by atoms with Gasteiger partial charge in [-0.1, -0.05) is 112 Å². The van der Waals surface area contributed by atoms with E-state index in [2.05, 4.69) is 0 Å². The molecule has 2 aliphatic rings. The third-order valence-electron chi connectivity index (χ3n) is 12.1. The van der Waals surface area contributed by atoms with E-state index in [4.69, 9.17) is 4.43 Å². The molecular weight excluding hydrogens is 848 g/mol. The minimum Gasteiger partial charge on any atom is -0.505 e. The van der Waals surface area contributed by atoms with Crippen molar-refractivity contribution in [3.05, 3.63) is 136 Å². The zero-order chi connectivity index (χ0) is 46.1. The predicted molar refractivity (Wildman–Crippen MR) is 228 cm³/mol. The number of aromatic hydroxyl groups is 1. The number of anilines is 1. The van der Waals surface area contributed by atoms with Gasteiger partial charge in [0.15, 0.2) is 11.6 Å². The number of nitrogens with zero attached hydrogens (tertiary/aromatic N) is 1. The van der Waals surface area contributed by atoms with Gasteiger partial charge in [-0.25, -0.2) is 9.29 Å². The lowest BCUT2D eigenvalue weighted by Gasteiger charge is -2.44. The highest BCUT2D eigenvalue weighted by atomic mass is 28.4. The average molecular weight is 898 g/mol. The number of aliphatic hydroxyl groups excluding tert-OH is 2. The number of phenols is 1. The van der Waals surface area contributed by atoms with Gasteiger partial charge in [0.2, 0.25) is 11.8 Å². The van der Waals surface area contributed by atoms with Gasteiger partial charge in [-0.2, -0.15) is 26.3 Å². The largest absolute Gasteiger partial charge is 0.505 e. The zero-order valence-electron chi connectivity index (χ0n) is 35.2. The summed E-state index contributed by atoms with van der Waals surface area (Å²) in [6.07, 6.45) is -8.90. The fourth-order valence-corrected chi connectivity index (χ4v) is 13.8. The van der Waals surface area contributed by atoms with Gasteiger partial charge in [-0.05, 0) is 88.1 Å². The van der Waals surface area contributed by atoms with Gasteiger partial charge in [0, 0.05) is 5.92 Å². The molecule has 4 atom stereocenters. The number of carbonyl (C=O) groups excluding carboxylic acids is 2. The number of rotatable bonds is 14. The first-order chi connectivity index (χ1) is 29.6. The highest BCUT2D eigenvalue weighted by Gasteiger charge is 2.57. The number of imide groups is 1. The highest BCUT2D eigenvalue weighted by Crippen LogP contribution is 2.49. The van der Waals surface area contributed by atoms with Crippen molar-refractivity contribution in [3.63, 3.8) is 0 Å². The summed E-state index contributed by atoms with van der Waals surface area (Å²) in [5, 5.41) is 34.4. The van der Waals surface area contributed by atoms with E-state index in [1.54, 1.807) is 6.08 Å². The summed E-state index contributed by atoms with van der Waals surface area (Å²) in [4.78, 5) is 29.1. The first-order valence-electron chi connectivity index (χ1n) is 20.7. The van der Waals surface area contributed by atoms with E-state index in [1.807, 2.05) is 88.4 Å². The van der Waals surface area contributed by atoms with E-state index in [0.717, 1.165) is 15.9 Å². The standard InChI is InChI=1S/C48H50F7NO6Si/c1-5-12-29(21-30-18-19-40(58)39(49)22-30)17-20-41(59)42-31(28-62-63(46(2,3)4,35-13-8-6-9-14-35)36-15-10-7-11-16-36)23-37-43(38(42)27-57)45(61)56(44(37)60)34-25-32(47(50,51)52)24-33(26-34)48(53,54)55/h6-11,13-16,18-19,21-22,24-26,37-38,41,43,57-59H,5,12,17,20,23,27-28H2,1-4H3/b29-21+/t37-,38+,41-,43-/m1/s1. The molecule has 0 unspecified atom stereocenters. The molecule has 2 amide bonds. The smallest absolute Gasteiger partial charge is 0.416 e. The molecule has 0 spiro atoms. The summed E-state index contributed by atoms with van der Waals surface area (Å²) in [7, 11) is -3.32. The molecule has 0 bridgehead atoms.